The minimum atomic E-state index is 0.145. The monoisotopic (exact) mass is 433 g/mol. The molecule has 5 nitrogen and oxygen atoms in total. The van der Waals surface area contributed by atoms with Gasteiger partial charge < -0.3 is 9.88 Å². The first kappa shape index (κ1) is 20.9. The Hall–Kier alpha value is -3.99. The Morgan fingerprint density at radius 3 is 2.30 bits per heavy atom. The molecule has 0 fully saturated rings. The fraction of sp³-hybridized carbons (Fsp3) is 0.179. The molecule has 3 aromatic heterocycles. The van der Waals surface area contributed by atoms with E-state index >= 15 is 0 Å². The van der Waals surface area contributed by atoms with Crippen LogP contribution in [0.3, 0.4) is 0 Å². The molecule has 0 bridgehead atoms. The van der Waals surface area contributed by atoms with E-state index < -0.39 is 0 Å². The van der Waals surface area contributed by atoms with Crippen LogP contribution in [-0.2, 0) is 6.54 Å². The number of hydrogen-bond acceptors (Lipinski definition) is 4. The molecule has 5 aromatic rings. The lowest BCUT2D eigenvalue weighted by atomic mass is 10.1. The van der Waals surface area contributed by atoms with E-state index in [0.29, 0.717) is 6.54 Å². The van der Waals surface area contributed by atoms with E-state index in [0.717, 1.165) is 33.8 Å². The highest BCUT2D eigenvalue weighted by Crippen LogP contribution is 2.35. The highest BCUT2D eigenvalue weighted by Gasteiger charge is 2.22. The van der Waals surface area contributed by atoms with Gasteiger partial charge in [0.05, 0.1) is 11.4 Å². The number of hydrogen-bond donors (Lipinski definition) is 1. The van der Waals surface area contributed by atoms with Crippen molar-refractivity contribution in [2.24, 2.45) is 0 Å². The molecule has 3 heterocycles. The van der Waals surface area contributed by atoms with Gasteiger partial charge in [-0.05, 0) is 43.5 Å². The molecule has 33 heavy (non-hydrogen) atoms. The number of aryl methyl sites for hydroxylation is 1. The van der Waals surface area contributed by atoms with Gasteiger partial charge >= 0.3 is 0 Å². The zero-order valence-electron chi connectivity index (χ0n) is 19.2. The largest absolute Gasteiger partial charge is 0.365 e. The molecule has 0 spiro atoms. The summed E-state index contributed by atoms with van der Waals surface area (Å²) in [5.74, 6) is 1.57. The van der Waals surface area contributed by atoms with Gasteiger partial charge in [0, 0.05) is 30.2 Å². The fourth-order valence-electron chi connectivity index (χ4n) is 4.38. The number of fused-ring (bicyclic) bond motifs is 1. The molecule has 0 aliphatic rings. The summed E-state index contributed by atoms with van der Waals surface area (Å²) in [6.45, 7) is 7.20. The molecular weight excluding hydrogens is 406 g/mol. The molecule has 2 aromatic carbocycles. The van der Waals surface area contributed by atoms with Crippen molar-refractivity contribution in [3.05, 3.63) is 108 Å². The maximum atomic E-state index is 5.09. The van der Waals surface area contributed by atoms with E-state index in [2.05, 4.69) is 84.2 Å². The quantitative estimate of drug-likeness (QED) is 0.340. The highest BCUT2D eigenvalue weighted by molar-refractivity contribution is 5.93. The summed E-state index contributed by atoms with van der Waals surface area (Å²) in [7, 11) is 0. The number of anilines is 1. The topological polar surface area (TPSA) is 55.6 Å². The van der Waals surface area contributed by atoms with E-state index in [1.807, 2.05) is 30.5 Å². The predicted octanol–water partition coefficient (Wildman–Crippen LogP) is 6.33. The summed E-state index contributed by atoms with van der Waals surface area (Å²) in [5.41, 5.74) is 6.70. The second-order valence-electron chi connectivity index (χ2n) is 8.34. The molecule has 5 rings (SSSR count). The molecule has 0 saturated heterocycles. The second kappa shape index (κ2) is 8.87. The van der Waals surface area contributed by atoms with E-state index in [1.54, 1.807) is 6.20 Å². The van der Waals surface area contributed by atoms with Gasteiger partial charge in [-0.25, -0.2) is 9.97 Å². The summed E-state index contributed by atoms with van der Waals surface area (Å²) in [4.78, 5) is 14.3. The van der Waals surface area contributed by atoms with Gasteiger partial charge in [0.15, 0.2) is 5.82 Å². The number of nitrogens with one attached hydrogen (secondary N) is 1. The maximum absolute atomic E-state index is 5.09. The fourth-order valence-corrected chi connectivity index (χ4v) is 4.38. The van der Waals surface area contributed by atoms with Crippen molar-refractivity contribution in [2.45, 2.75) is 33.4 Å². The van der Waals surface area contributed by atoms with Crippen molar-refractivity contribution in [1.82, 2.24) is 19.5 Å². The summed E-state index contributed by atoms with van der Waals surface area (Å²) < 4.78 is 2.34. The average molecular weight is 434 g/mol. The SMILES string of the molecule is Cc1c(C)n([C@H](C)c2ccccc2)c2nc(-c3ccccc3)nc(NCc3cccnc3)c12. The van der Waals surface area contributed by atoms with Crippen LogP contribution in [0.1, 0.15) is 35.3 Å². The van der Waals surface area contributed by atoms with Crippen LogP contribution in [0.25, 0.3) is 22.4 Å². The Kier molecular flexibility index (Phi) is 5.61. The van der Waals surface area contributed by atoms with Crippen LogP contribution in [0.5, 0.6) is 0 Å². The van der Waals surface area contributed by atoms with Crippen molar-refractivity contribution >= 4 is 16.9 Å². The smallest absolute Gasteiger partial charge is 0.163 e. The standard InChI is InChI=1S/C28H27N5/c1-19-20(2)33(21(3)23-12-6-4-7-13-23)28-25(19)27(30-18-22-11-10-16-29-17-22)31-26(32-28)24-14-8-5-9-15-24/h4-17,21H,18H2,1-3H3,(H,30,31,32)/t21-/m1/s1. The average Bonchev–Trinajstić information content (AvgIpc) is 3.13. The summed E-state index contributed by atoms with van der Waals surface area (Å²) in [6.07, 6.45) is 3.67. The van der Waals surface area contributed by atoms with Crippen LogP contribution in [0.15, 0.2) is 85.2 Å². The Bertz CT molecular complexity index is 1380. The summed E-state index contributed by atoms with van der Waals surface area (Å²) in [5, 5.41) is 4.64. The lowest BCUT2D eigenvalue weighted by Crippen LogP contribution is -2.10. The number of nitrogens with zero attached hydrogens (tertiary/aromatic N) is 4. The van der Waals surface area contributed by atoms with Crippen LogP contribution >= 0.6 is 0 Å². The molecule has 0 unspecified atom stereocenters. The molecule has 0 saturated carbocycles. The normalized spacial score (nSPS) is 12.1. The van der Waals surface area contributed by atoms with Gasteiger partial charge in [0.2, 0.25) is 0 Å². The first-order chi connectivity index (χ1) is 16.1. The number of pyridine rings is 1. The third-order valence-corrected chi connectivity index (χ3v) is 6.28. The Labute approximate surface area is 194 Å². The van der Waals surface area contributed by atoms with E-state index in [-0.39, 0.29) is 6.04 Å². The Morgan fingerprint density at radius 1 is 0.879 bits per heavy atom. The number of rotatable bonds is 6. The lowest BCUT2D eigenvalue weighted by Gasteiger charge is -2.18. The maximum Gasteiger partial charge on any atom is 0.163 e. The van der Waals surface area contributed by atoms with Gasteiger partial charge in [-0.1, -0.05) is 66.7 Å². The molecule has 1 atom stereocenters. The second-order valence-corrected chi connectivity index (χ2v) is 8.34. The van der Waals surface area contributed by atoms with Crippen LogP contribution < -0.4 is 5.32 Å². The molecular formula is C28H27N5. The molecule has 164 valence electrons. The van der Waals surface area contributed by atoms with Gasteiger partial charge in [-0.15, -0.1) is 0 Å². The number of aromatic nitrogens is 4. The van der Waals surface area contributed by atoms with Crippen molar-refractivity contribution in [2.75, 3.05) is 5.32 Å². The zero-order valence-corrected chi connectivity index (χ0v) is 19.2. The Balaban J connectivity index is 1.69. The third-order valence-electron chi connectivity index (χ3n) is 6.28. The van der Waals surface area contributed by atoms with Crippen LogP contribution in [0.2, 0.25) is 0 Å². The molecule has 0 radical (unpaired) electrons. The van der Waals surface area contributed by atoms with E-state index in [4.69, 9.17) is 9.97 Å². The zero-order chi connectivity index (χ0) is 22.8. The van der Waals surface area contributed by atoms with Gasteiger partial charge in [0.1, 0.15) is 11.5 Å². The van der Waals surface area contributed by atoms with Crippen LogP contribution in [0, 0.1) is 13.8 Å². The minimum Gasteiger partial charge on any atom is -0.365 e. The molecule has 0 aliphatic heterocycles. The van der Waals surface area contributed by atoms with E-state index in [1.165, 1.54) is 16.8 Å². The van der Waals surface area contributed by atoms with Crippen LogP contribution in [0.4, 0.5) is 5.82 Å². The van der Waals surface area contributed by atoms with Crippen LogP contribution in [-0.4, -0.2) is 19.5 Å². The summed E-state index contributed by atoms with van der Waals surface area (Å²) >= 11 is 0. The molecule has 0 amide bonds. The lowest BCUT2D eigenvalue weighted by molar-refractivity contribution is 0.639. The first-order valence-corrected chi connectivity index (χ1v) is 11.3. The van der Waals surface area contributed by atoms with Crippen molar-refractivity contribution < 1.29 is 0 Å². The predicted molar refractivity (Wildman–Crippen MR) is 134 cm³/mol. The third kappa shape index (κ3) is 3.98. The Morgan fingerprint density at radius 2 is 1.61 bits per heavy atom. The van der Waals surface area contributed by atoms with E-state index in [9.17, 15) is 0 Å². The molecule has 0 aliphatic carbocycles. The van der Waals surface area contributed by atoms with Gasteiger partial charge in [0.25, 0.3) is 0 Å². The molecule has 5 heteroatoms. The molecule has 1 N–H and O–H groups in total. The first-order valence-electron chi connectivity index (χ1n) is 11.3. The van der Waals surface area contributed by atoms with Crippen molar-refractivity contribution in [3.63, 3.8) is 0 Å². The number of benzene rings is 2. The highest BCUT2D eigenvalue weighted by atomic mass is 15.1. The summed E-state index contributed by atoms with van der Waals surface area (Å²) in [6, 6.07) is 24.9. The van der Waals surface area contributed by atoms with Crippen molar-refractivity contribution in [3.8, 4) is 11.4 Å². The van der Waals surface area contributed by atoms with Gasteiger partial charge in [-0.2, -0.15) is 0 Å². The minimum absolute atomic E-state index is 0.145. The van der Waals surface area contributed by atoms with Gasteiger partial charge in [-0.3, -0.25) is 4.98 Å². The van der Waals surface area contributed by atoms with Crippen molar-refractivity contribution in [1.29, 1.82) is 0 Å².